The fraction of sp³-hybridized carbons (Fsp3) is 0.412. The summed E-state index contributed by atoms with van der Waals surface area (Å²) in [6, 6.07) is 4.12. The van der Waals surface area contributed by atoms with Gasteiger partial charge in [0.15, 0.2) is 23.9 Å². The van der Waals surface area contributed by atoms with Crippen LogP contribution in [0.1, 0.15) is 43.0 Å². The highest BCUT2D eigenvalue weighted by atomic mass is 16.5. The van der Waals surface area contributed by atoms with Crippen molar-refractivity contribution in [3.8, 4) is 11.5 Å². The highest BCUT2D eigenvalue weighted by molar-refractivity contribution is 5.95. The molecule has 1 unspecified atom stereocenters. The molecular formula is C17H21N3O6. The van der Waals surface area contributed by atoms with Crippen LogP contribution in [0.25, 0.3) is 0 Å². The Morgan fingerprint density at radius 1 is 1.27 bits per heavy atom. The Balaban J connectivity index is 2.19. The minimum atomic E-state index is -1.10. The van der Waals surface area contributed by atoms with E-state index in [4.69, 9.17) is 19.1 Å². The van der Waals surface area contributed by atoms with Crippen LogP contribution in [0.2, 0.25) is 0 Å². The second-order valence-electron chi connectivity index (χ2n) is 5.76. The number of nitrogens with zero attached hydrogens (tertiary/aromatic N) is 2. The first-order valence-corrected chi connectivity index (χ1v) is 8.11. The maximum atomic E-state index is 12.6. The van der Waals surface area contributed by atoms with Crippen molar-refractivity contribution in [2.75, 3.05) is 13.2 Å². The second-order valence-corrected chi connectivity index (χ2v) is 5.76. The number of ether oxygens (including phenoxy) is 2. The van der Waals surface area contributed by atoms with Crippen molar-refractivity contribution in [2.24, 2.45) is 5.92 Å². The van der Waals surface area contributed by atoms with Crippen LogP contribution >= 0.6 is 0 Å². The van der Waals surface area contributed by atoms with Crippen LogP contribution in [-0.2, 0) is 4.79 Å². The van der Waals surface area contributed by atoms with Crippen LogP contribution in [0.5, 0.6) is 11.5 Å². The molecule has 1 atom stereocenters. The van der Waals surface area contributed by atoms with E-state index in [0.717, 1.165) is 0 Å². The van der Waals surface area contributed by atoms with Gasteiger partial charge < -0.3 is 24.4 Å². The monoisotopic (exact) mass is 363 g/mol. The van der Waals surface area contributed by atoms with Gasteiger partial charge in [0.25, 0.3) is 5.91 Å². The summed E-state index contributed by atoms with van der Waals surface area (Å²) in [6.07, 6.45) is 1.21. The van der Waals surface area contributed by atoms with Gasteiger partial charge in [0.2, 0.25) is 6.39 Å². The van der Waals surface area contributed by atoms with Crippen molar-refractivity contribution < 1.29 is 28.7 Å². The van der Waals surface area contributed by atoms with Gasteiger partial charge in [-0.3, -0.25) is 4.79 Å². The number of carbonyl (C=O) groups excluding carboxylic acids is 1. The Labute approximate surface area is 150 Å². The molecule has 0 saturated heterocycles. The van der Waals surface area contributed by atoms with E-state index in [0.29, 0.717) is 23.7 Å². The van der Waals surface area contributed by atoms with Crippen LogP contribution in [0.15, 0.2) is 29.1 Å². The summed E-state index contributed by atoms with van der Waals surface area (Å²) in [6.45, 7) is 5.47. The molecule has 26 heavy (non-hydrogen) atoms. The van der Waals surface area contributed by atoms with Crippen molar-refractivity contribution in [3.63, 3.8) is 0 Å². The summed E-state index contributed by atoms with van der Waals surface area (Å²) >= 11 is 0. The lowest BCUT2D eigenvalue weighted by Crippen LogP contribution is -2.32. The third-order valence-electron chi connectivity index (χ3n) is 3.47. The van der Waals surface area contributed by atoms with E-state index in [-0.39, 0.29) is 17.6 Å². The SMILES string of the molecule is CCOc1cc(C(=O)NC(c2ncon2)C(C)C)ccc1OCC(=O)O. The first-order chi connectivity index (χ1) is 12.4. The van der Waals surface area contributed by atoms with Gasteiger partial charge in [-0.1, -0.05) is 19.0 Å². The lowest BCUT2D eigenvalue weighted by Gasteiger charge is -2.19. The quantitative estimate of drug-likeness (QED) is 0.694. The van der Waals surface area contributed by atoms with E-state index < -0.39 is 18.6 Å². The molecule has 0 aliphatic heterocycles. The molecule has 0 aliphatic carbocycles. The van der Waals surface area contributed by atoms with Gasteiger partial charge in [-0.15, -0.1) is 0 Å². The van der Waals surface area contributed by atoms with E-state index in [1.54, 1.807) is 6.92 Å². The van der Waals surface area contributed by atoms with Gasteiger partial charge in [0.1, 0.15) is 0 Å². The van der Waals surface area contributed by atoms with Gasteiger partial charge in [-0.05, 0) is 31.0 Å². The van der Waals surface area contributed by atoms with Crippen molar-refractivity contribution >= 4 is 11.9 Å². The molecule has 0 spiro atoms. The average Bonchev–Trinajstić information content (AvgIpc) is 3.12. The maximum absolute atomic E-state index is 12.6. The summed E-state index contributed by atoms with van der Waals surface area (Å²) in [4.78, 5) is 27.3. The number of benzene rings is 1. The van der Waals surface area contributed by atoms with E-state index in [1.807, 2.05) is 13.8 Å². The van der Waals surface area contributed by atoms with Crippen LogP contribution in [-0.4, -0.2) is 40.3 Å². The summed E-state index contributed by atoms with van der Waals surface area (Å²) in [5, 5.41) is 15.4. The minimum absolute atomic E-state index is 0.0427. The highest BCUT2D eigenvalue weighted by Crippen LogP contribution is 2.29. The smallest absolute Gasteiger partial charge is 0.341 e. The number of aliphatic carboxylic acids is 1. The first-order valence-electron chi connectivity index (χ1n) is 8.11. The zero-order valence-electron chi connectivity index (χ0n) is 14.8. The normalized spacial score (nSPS) is 11.8. The van der Waals surface area contributed by atoms with Gasteiger partial charge in [-0.25, -0.2) is 4.79 Å². The maximum Gasteiger partial charge on any atom is 0.341 e. The summed E-state index contributed by atoms with van der Waals surface area (Å²) in [5.74, 6) is -0.472. The van der Waals surface area contributed by atoms with Crippen molar-refractivity contribution in [2.45, 2.75) is 26.8 Å². The van der Waals surface area contributed by atoms with Gasteiger partial charge in [0.05, 0.1) is 12.6 Å². The van der Waals surface area contributed by atoms with Crippen molar-refractivity contribution in [3.05, 3.63) is 36.0 Å². The second kappa shape index (κ2) is 8.84. The molecule has 9 heteroatoms. The zero-order chi connectivity index (χ0) is 19.1. The number of carbonyl (C=O) groups is 2. The number of carboxylic acids is 1. The third-order valence-corrected chi connectivity index (χ3v) is 3.47. The molecule has 1 aromatic carbocycles. The van der Waals surface area contributed by atoms with Crippen LogP contribution in [0.4, 0.5) is 0 Å². The Bertz CT molecular complexity index is 745. The molecule has 1 aromatic heterocycles. The average molecular weight is 363 g/mol. The Morgan fingerprint density at radius 2 is 2.04 bits per heavy atom. The van der Waals surface area contributed by atoms with Crippen LogP contribution in [0, 0.1) is 5.92 Å². The highest BCUT2D eigenvalue weighted by Gasteiger charge is 2.23. The number of hydrogen-bond donors (Lipinski definition) is 2. The van der Waals surface area contributed by atoms with E-state index in [1.165, 1.54) is 24.6 Å². The number of hydrogen-bond acceptors (Lipinski definition) is 7. The molecule has 140 valence electrons. The van der Waals surface area contributed by atoms with Crippen molar-refractivity contribution in [1.82, 2.24) is 15.5 Å². The number of amides is 1. The van der Waals surface area contributed by atoms with Gasteiger partial charge in [0, 0.05) is 5.56 Å². The molecule has 2 rings (SSSR count). The minimum Gasteiger partial charge on any atom is -0.490 e. The molecule has 0 bridgehead atoms. The van der Waals surface area contributed by atoms with Gasteiger partial charge in [-0.2, -0.15) is 4.98 Å². The Morgan fingerprint density at radius 3 is 2.62 bits per heavy atom. The molecule has 0 aliphatic rings. The molecular weight excluding hydrogens is 342 g/mol. The first kappa shape index (κ1) is 19.2. The van der Waals surface area contributed by atoms with Gasteiger partial charge >= 0.3 is 5.97 Å². The fourth-order valence-electron chi connectivity index (χ4n) is 2.25. The van der Waals surface area contributed by atoms with Crippen LogP contribution in [0.3, 0.4) is 0 Å². The molecule has 0 saturated carbocycles. The Kier molecular flexibility index (Phi) is 6.54. The number of nitrogens with one attached hydrogen (secondary N) is 1. The topological polar surface area (TPSA) is 124 Å². The standard InChI is InChI=1S/C17H21N3O6/c1-4-24-13-7-11(5-6-12(13)25-8-14(21)22)17(23)19-15(10(2)3)16-18-9-26-20-16/h5-7,9-10,15H,4,8H2,1-3H3,(H,19,23)(H,21,22). The molecule has 2 N–H and O–H groups in total. The van der Waals surface area contributed by atoms with E-state index in [2.05, 4.69) is 15.5 Å². The summed E-state index contributed by atoms with van der Waals surface area (Å²) in [5.41, 5.74) is 0.338. The predicted octanol–water partition coefficient (Wildman–Crippen LogP) is 2.06. The lowest BCUT2D eigenvalue weighted by molar-refractivity contribution is -0.139. The van der Waals surface area contributed by atoms with Crippen molar-refractivity contribution in [1.29, 1.82) is 0 Å². The lowest BCUT2D eigenvalue weighted by atomic mass is 10.0. The Hall–Kier alpha value is -3.10. The number of rotatable bonds is 9. The molecule has 1 heterocycles. The summed E-state index contributed by atoms with van der Waals surface area (Å²) in [7, 11) is 0. The zero-order valence-corrected chi connectivity index (χ0v) is 14.8. The van der Waals surface area contributed by atoms with E-state index in [9.17, 15) is 9.59 Å². The molecule has 1 amide bonds. The molecule has 0 radical (unpaired) electrons. The summed E-state index contributed by atoms with van der Waals surface area (Å²) < 4.78 is 15.4. The molecule has 0 fully saturated rings. The number of carboxylic acid groups (broad SMARTS) is 1. The molecule has 9 nitrogen and oxygen atoms in total. The molecule has 2 aromatic rings. The fourth-order valence-corrected chi connectivity index (χ4v) is 2.25. The van der Waals surface area contributed by atoms with Crippen LogP contribution < -0.4 is 14.8 Å². The third kappa shape index (κ3) is 4.95. The predicted molar refractivity (Wildman–Crippen MR) is 90.1 cm³/mol. The van der Waals surface area contributed by atoms with E-state index >= 15 is 0 Å². The number of aromatic nitrogens is 2. The largest absolute Gasteiger partial charge is 0.490 e.